The largest absolute Gasteiger partial charge is 0.497 e. The summed E-state index contributed by atoms with van der Waals surface area (Å²) in [6, 6.07) is 11.8. The number of nitrogens with one attached hydrogen (secondary N) is 1. The highest BCUT2D eigenvalue weighted by atomic mass is 32.2. The molecule has 0 bridgehead atoms. The number of sulfonamides is 1. The summed E-state index contributed by atoms with van der Waals surface area (Å²) in [7, 11) is -2.20. The predicted molar refractivity (Wildman–Crippen MR) is 139 cm³/mol. The zero-order valence-electron chi connectivity index (χ0n) is 21.7. The van der Waals surface area contributed by atoms with Crippen molar-refractivity contribution in [3.05, 3.63) is 59.2 Å². The lowest BCUT2D eigenvalue weighted by Gasteiger charge is -2.33. The Bertz CT molecular complexity index is 1130. The van der Waals surface area contributed by atoms with E-state index in [2.05, 4.69) is 5.32 Å². The molecule has 35 heavy (non-hydrogen) atoms. The Hall–Kier alpha value is -3.07. The molecule has 0 aromatic heterocycles. The normalized spacial score (nSPS) is 12.2. The smallest absolute Gasteiger partial charge is 0.244 e. The molecule has 0 saturated carbocycles. The molecule has 0 aliphatic carbocycles. The Morgan fingerprint density at radius 3 is 2.20 bits per heavy atom. The summed E-state index contributed by atoms with van der Waals surface area (Å²) in [6.07, 6.45) is 1.46. The van der Waals surface area contributed by atoms with E-state index in [-0.39, 0.29) is 18.5 Å². The summed E-state index contributed by atoms with van der Waals surface area (Å²) in [5.41, 5.74) is 2.86. The van der Waals surface area contributed by atoms with Crippen LogP contribution in [0.5, 0.6) is 5.75 Å². The van der Waals surface area contributed by atoms with Crippen molar-refractivity contribution in [3.8, 4) is 5.75 Å². The van der Waals surface area contributed by atoms with E-state index in [0.29, 0.717) is 17.9 Å². The number of amides is 2. The molecule has 1 atom stereocenters. The highest BCUT2D eigenvalue weighted by Crippen LogP contribution is 2.25. The first-order chi connectivity index (χ1) is 16.4. The van der Waals surface area contributed by atoms with Crippen molar-refractivity contribution in [1.82, 2.24) is 10.2 Å². The van der Waals surface area contributed by atoms with Crippen LogP contribution in [0.1, 0.15) is 43.9 Å². The van der Waals surface area contributed by atoms with Gasteiger partial charge in [-0.05, 0) is 69.0 Å². The summed E-state index contributed by atoms with van der Waals surface area (Å²) in [4.78, 5) is 28.2. The Labute approximate surface area is 209 Å². The van der Waals surface area contributed by atoms with E-state index in [1.165, 1.54) is 4.90 Å². The van der Waals surface area contributed by atoms with Crippen molar-refractivity contribution in [3.63, 3.8) is 0 Å². The molecule has 1 N–H and O–H groups in total. The number of anilines is 1. The summed E-state index contributed by atoms with van der Waals surface area (Å²) in [5.74, 6) is -0.0608. The van der Waals surface area contributed by atoms with Crippen molar-refractivity contribution in [1.29, 1.82) is 0 Å². The van der Waals surface area contributed by atoms with Crippen molar-refractivity contribution in [2.45, 2.75) is 59.7 Å². The molecule has 0 saturated heterocycles. The van der Waals surface area contributed by atoms with Crippen molar-refractivity contribution < 1.29 is 22.7 Å². The van der Waals surface area contributed by atoms with Crippen LogP contribution in [0.4, 0.5) is 5.69 Å². The zero-order valence-corrected chi connectivity index (χ0v) is 22.5. The molecule has 8 nitrogen and oxygen atoms in total. The highest BCUT2D eigenvalue weighted by molar-refractivity contribution is 7.92. The zero-order chi connectivity index (χ0) is 26.3. The first-order valence-corrected chi connectivity index (χ1v) is 13.5. The van der Waals surface area contributed by atoms with Gasteiger partial charge >= 0.3 is 0 Å². The van der Waals surface area contributed by atoms with Crippen LogP contribution >= 0.6 is 0 Å². The standard InChI is InChI=1S/C26H37N3O5S/c1-8-23(26(31)27-18(2)3)28(16-21-11-13-22(34-6)14-12-21)25(30)17-29(35(7,32)33)24-15-19(4)9-10-20(24)5/h9-15,18,23H,8,16-17H2,1-7H3,(H,27,31)/t23-/m0/s1. The minimum atomic E-state index is -3.77. The topological polar surface area (TPSA) is 96.0 Å². The third kappa shape index (κ3) is 7.71. The maximum atomic E-state index is 13.7. The van der Waals surface area contributed by atoms with Gasteiger partial charge in [0.25, 0.3) is 0 Å². The lowest BCUT2D eigenvalue weighted by molar-refractivity contribution is -0.140. The molecule has 0 heterocycles. The van der Waals surface area contributed by atoms with E-state index < -0.39 is 28.5 Å². The Morgan fingerprint density at radius 1 is 1.06 bits per heavy atom. The van der Waals surface area contributed by atoms with Crippen molar-refractivity contribution in [2.75, 3.05) is 24.2 Å². The fourth-order valence-corrected chi connectivity index (χ4v) is 4.71. The lowest BCUT2D eigenvalue weighted by atomic mass is 10.1. The Morgan fingerprint density at radius 2 is 1.69 bits per heavy atom. The average Bonchev–Trinajstić information content (AvgIpc) is 2.78. The molecule has 0 spiro atoms. The van der Waals surface area contributed by atoms with E-state index in [1.54, 1.807) is 32.2 Å². The third-order valence-electron chi connectivity index (χ3n) is 5.64. The Balaban J connectivity index is 2.48. The van der Waals surface area contributed by atoms with Crippen LogP contribution in [0.25, 0.3) is 0 Å². The van der Waals surface area contributed by atoms with Gasteiger partial charge in [-0.25, -0.2) is 8.42 Å². The minimum absolute atomic E-state index is 0.100. The molecule has 2 aromatic carbocycles. The molecule has 0 radical (unpaired) electrons. The van der Waals surface area contributed by atoms with Gasteiger partial charge in [0.2, 0.25) is 21.8 Å². The summed E-state index contributed by atoms with van der Waals surface area (Å²) in [5, 5.41) is 2.88. The molecular formula is C26H37N3O5S. The average molecular weight is 504 g/mol. The molecule has 2 amide bonds. The quantitative estimate of drug-likeness (QED) is 0.507. The van der Waals surface area contributed by atoms with Gasteiger partial charge in [-0.2, -0.15) is 0 Å². The molecule has 0 unspecified atom stereocenters. The summed E-state index contributed by atoms with van der Waals surface area (Å²) in [6.45, 7) is 8.94. The highest BCUT2D eigenvalue weighted by Gasteiger charge is 2.32. The Kier molecular flexibility index (Phi) is 9.71. The molecule has 0 fully saturated rings. The second kappa shape index (κ2) is 12.1. The van der Waals surface area contributed by atoms with E-state index in [4.69, 9.17) is 4.74 Å². The maximum Gasteiger partial charge on any atom is 0.244 e. The second-order valence-corrected chi connectivity index (χ2v) is 10.9. The number of carbonyl (C=O) groups is 2. The summed E-state index contributed by atoms with van der Waals surface area (Å²) >= 11 is 0. The van der Waals surface area contributed by atoms with E-state index in [1.807, 2.05) is 52.0 Å². The van der Waals surface area contributed by atoms with Crippen LogP contribution < -0.4 is 14.4 Å². The molecular weight excluding hydrogens is 466 g/mol. The first kappa shape index (κ1) is 28.2. The molecule has 192 valence electrons. The monoisotopic (exact) mass is 503 g/mol. The van der Waals surface area contributed by atoms with E-state index in [0.717, 1.165) is 27.3 Å². The van der Waals surface area contributed by atoms with Gasteiger partial charge in [0.15, 0.2) is 0 Å². The van der Waals surface area contributed by atoms with Gasteiger partial charge < -0.3 is 15.0 Å². The summed E-state index contributed by atoms with van der Waals surface area (Å²) < 4.78 is 31.9. The number of hydrogen-bond acceptors (Lipinski definition) is 5. The van der Waals surface area contributed by atoms with Gasteiger partial charge in [0.1, 0.15) is 18.3 Å². The SMILES string of the molecule is CC[C@@H](C(=O)NC(C)C)N(Cc1ccc(OC)cc1)C(=O)CN(c1cc(C)ccc1C)S(C)(=O)=O. The van der Waals surface area contributed by atoms with E-state index in [9.17, 15) is 18.0 Å². The van der Waals surface area contributed by atoms with Crippen LogP contribution in [0.2, 0.25) is 0 Å². The van der Waals surface area contributed by atoms with Crippen LogP contribution in [0, 0.1) is 13.8 Å². The molecule has 0 aliphatic heterocycles. The maximum absolute atomic E-state index is 13.7. The first-order valence-electron chi connectivity index (χ1n) is 11.6. The number of hydrogen-bond donors (Lipinski definition) is 1. The van der Waals surface area contributed by atoms with Crippen LogP contribution in [-0.2, 0) is 26.2 Å². The van der Waals surface area contributed by atoms with Gasteiger partial charge in [-0.3, -0.25) is 13.9 Å². The third-order valence-corrected chi connectivity index (χ3v) is 6.77. The van der Waals surface area contributed by atoms with Gasteiger partial charge in [0, 0.05) is 12.6 Å². The predicted octanol–water partition coefficient (Wildman–Crippen LogP) is 3.41. The van der Waals surface area contributed by atoms with Crippen molar-refractivity contribution in [2.24, 2.45) is 0 Å². The molecule has 2 aromatic rings. The lowest BCUT2D eigenvalue weighted by Crippen LogP contribution is -2.53. The number of rotatable bonds is 11. The van der Waals surface area contributed by atoms with Crippen LogP contribution in [0.15, 0.2) is 42.5 Å². The number of methoxy groups -OCH3 is 1. The van der Waals surface area contributed by atoms with Gasteiger partial charge in [0.05, 0.1) is 19.1 Å². The minimum Gasteiger partial charge on any atom is -0.497 e. The fraction of sp³-hybridized carbons (Fsp3) is 0.462. The number of benzene rings is 2. The van der Waals surface area contributed by atoms with Gasteiger partial charge in [-0.1, -0.05) is 31.2 Å². The van der Waals surface area contributed by atoms with Crippen molar-refractivity contribution >= 4 is 27.5 Å². The second-order valence-electron chi connectivity index (χ2n) is 9.02. The molecule has 9 heteroatoms. The van der Waals surface area contributed by atoms with Crippen LogP contribution in [0.3, 0.4) is 0 Å². The molecule has 2 rings (SSSR count). The van der Waals surface area contributed by atoms with Crippen LogP contribution in [-0.4, -0.2) is 57.1 Å². The number of ether oxygens (including phenoxy) is 1. The number of carbonyl (C=O) groups excluding carboxylic acids is 2. The van der Waals surface area contributed by atoms with Gasteiger partial charge in [-0.15, -0.1) is 0 Å². The van der Waals surface area contributed by atoms with E-state index >= 15 is 0 Å². The fourth-order valence-electron chi connectivity index (χ4n) is 3.81. The number of nitrogens with zero attached hydrogens (tertiary/aromatic N) is 2. The molecule has 0 aliphatic rings. The number of aryl methyl sites for hydroxylation is 2.